The molecular formula is C39H51FN4O4. The Morgan fingerprint density at radius 2 is 1.75 bits per heavy atom. The van der Waals surface area contributed by atoms with Crippen molar-refractivity contribution < 1.29 is 18.8 Å². The average molecular weight is 659 g/mol. The van der Waals surface area contributed by atoms with Crippen LogP contribution in [-0.2, 0) is 29.0 Å². The minimum absolute atomic E-state index is 0.0390. The van der Waals surface area contributed by atoms with E-state index in [4.69, 9.17) is 9.72 Å². The number of unbranched alkanes of at least 4 members (excludes halogenated alkanes) is 1. The fraction of sp³-hybridized carbons (Fsp3) is 0.385. The van der Waals surface area contributed by atoms with E-state index in [1.807, 2.05) is 90.1 Å². The summed E-state index contributed by atoms with van der Waals surface area (Å²) in [4.78, 5) is 34.1. The number of oxime groups is 1. The second kappa shape index (κ2) is 20.4. The zero-order valence-electron chi connectivity index (χ0n) is 29.9. The summed E-state index contributed by atoms with van der Waals surface area (Å²) in [5.41, 5.74) is 4.96. The highest BCUT2D eigenvalue weighted by molar-refractivity contribution is 6.04. The van der Waals surface area contributed by atoms with Gasteiger partial charge in [-0.2, -0.15) is 0 Å². The van der Waals surface area contributed by atoms with E-state index < -0.39 is 5.82 Å². The van der Waals surface area contributed by atoms with Crippen LogP contribution in [0.4, 0.5) is 10.2 Å². The SMILES string of the molecule is CC.CC.CC.CCCCc1nc(NC)c(-c2ccc3c(c2)CCO3)c(=O)n1Cc1ccc(-c2ccccc2/C(C)=N/OC=O)cc1F. The number of fused-ring (bicyclic) bond motifs is 1. The minimum atomic E-state index is -0.441. The minimum Gasteiger partial charge on any atom is -0.493 e. The molecule has 0 amide bonds. The third kappa shape index (κ3) is 9.40. The van der Waals surface area contributed by atoms with Gasteiger partial charge in [-0.25, -0.2) is 9.37 Å². The molecule has 5 rings (SSSR count). The zero-order chi connectivity index (χ0) is 35.6. The Kier molecular flexibility index (Phi) is 16.8. The molecule has 0 radical (unpaired) electrons. The maximum absolute atomic E-state index is 15.7. The molecule has 258 valence electrons. The van der Waals surface area contributed by atoms with E-state index in [1.54, 1.807) is 24.6 Å². The number of aryl methyl sites for hydroxylation is 1. The number of hydrogen-bond donors (Lipinski definition) is 1. The molecule has 48 heavy (non-hydrogen) atoms. The van der Waals surface area contributed by atoms with Crippen molar-refractivity contribution >= 4 is 18.0 Å². The summed E-state index contributed by atoms with van der Waals surface area (Å²) in [6, 6.07) is 18.1. The molecule has 0 spiro atoms. The van der Waals surface area contributed by atoms with Gasteiger partial charge in [-0.3, -0.25) is 14.2 Å². The van der Waals surface area contributed by atoms with Crippen LogP contribution in [0.2, 0.25) is 0 Å². The van der Waals surface area contributed by atoms with Crippen molar-refractivity contribution in [2.24, 2.45) is 5.16 Å². The predicted molar refractivity (Wildman–Crippen MR) is 196 cm³/mol. The van der Waals surface area contributed by atoms with Gasteiger partial charge in [0.25, 0.3) is 5.56 Å². The van der Waals surface area contributed by atoms with Gasteiger partial charge in [0.05, 0.1) is 24.4 Å². The number of aromatic nitrogens is 2. The van der Waals surface area contributed by atoms with Gasteiger partial charge in [0, 0.05) is 31.0 Å². The maximum Gasteiger partial charge on any atom is 0.323 e. The molecule has 0 unspecified atom stereocenters. The standard InChI is InChI=1S/C33H33FN4O4.3C2H6/c1-4-5-10-30-36-32(35-3)31(24-13-14-29-23(17-24)15-16-41-29)33(40)38(30)19-25-12-11-22(18-28(25)34)27-9-7-6-8-26(27)21(2)37-42-20-39;3*1-2/h6-9,11-14,17-18,20,35H,4-5,10,15-16,19H2,1-3H3;3*1-2H3/b37-21+;;;. The van der Waals surface area contributed by atoms with Gasteiger partial charge < -0.3 is 14.9 Å². The summed E-state index contributed by atoms with van der Waals surface area (Å²) in [5, 5.41) is 6.91. The van der Waals surface area contributed by atoms with Crippen LogP contribution in [0.25, 0.3) is 22.3 Å². The number of carbonyl (C=O) groups excluding carboxylic acids is 1. The average Bonchev–Trinajstić information content (AvgIpc) is 3.62. The van der Waals surface area contributed by atoms with Crippen molar-refractivity contribution in [3.63, 3.8) is 0 Å². The second-order valence-corrected chi connectivity index (χ2v) is 10.1. The number of nitrogens with one attached hydrogen (secondary N) is 1. The zero-order valence-corrected chi connectivity index (χ0v) is 29.9. The topological polar surface area (TPSA) is 94.8 Å². The first-order chi connectivity index (χ1) is 23.4. The van der Waals surface area contributed by atoms with Gasteiger partial charge >= 0.3 is 6.47 Å². The Morgan fingerprint density at radius 3 is 2.42 bits per heavy atom. The fourth-order valence-electron chi connectivity index (χ4n) is 5.28. The molecule has 0 atom stereocenters. The fourth-order valence-corrected chi connectivity index (χ4v) is 5.28. The number of halogens is 1. The van der Waals surface area contributed by atoms with E-state index in [9.17, 15) is 9.59 Å². The molecule has 3 aromatic carbocycles. The number of nitrogens with zero attached hydrogens (tertiary/aromatic N) is 3. The highest BCUT2D eigenvalue weighted by Crippen LogP contribution is 2.32. The first kappa shape index (κ1) is 39.4. The van der Waals surface area contributed by atoms with Gasteiger partial charge in [-0.15, -0.1) is 0 Å². The van der Waals surface area contributed by atoms with E-state index in [0.29, 0.717) is 52.6 Å². The molecular weight excluding hydrogens is 607 g/mol. The van der Waals surface area contributed by atoms with Gasteiger partial charge in [0.2, 0.25) is 0 Å². The lowest BCUT2D eigenvalue weighted by Crippen LogP contribution is -2.29. The Labute approximate surface area is 285 Å². The maximum atomic E-state index is 15.7. The smallest absolute Gasteiger partial charge is 0.323 e. The van der Waals surface area contributed by atoms with Crippen molar-refractivity contribution in [1.82, 2.24) is 9.55 Å². The molecule has 4 aromatic rings. The van der Waals surface area contributed by atoms with Crippen molar-refractivity contribution in [2.45, 2.75) is 87.6 Å². The molecule has 0 saturated carbocycles. The van der Waals surface area contributed by atoms with Crippen LogP contribution >= 0.6 is 0 Å². The van der Waals surface area contributed by atoms with Crippen molar-refractivity contribution in [1.29, 1.82) is 0 Å². The summed E-state index contributed by atoms with van der Waals surface area (Å²) >= 11 is 0. The molecule has 1 aliphatic heterocycles. The number of ether oxygens (including phenoxy) is 1. The van der Waals surface area contributed by atoms with Crippen LogP contribution in [-0.4, -0.2) is 35.4 Å². The number of benzene rings is 3. The lowest BCUT2D eigenvalue weighted by molar-refractivity contribution is -0.128. The molecule has 1 aromatic heterocycles. The van der Waals surface area contributed by atoms with E-state index in [0.717, 1.165) is 41.7 Å². The van der Waals surface area contributed by atoms with E-state index in [1.165, 1.54) is 6.07 Å². The number of anilines is 1. The molecule has 0 aliphatic carbocycles. The molecule has 2 heterocycles. The van der Waals surface area contributed by atoms with E-state index >= 15 is 4.39 Å². The van der Waals surface area contributed by atoms with Crippen LogP contribution < -0.4 is 15.6 Å². The molecule has 0 saturated heterocycles. The summed E-state index contributed by atoms with van der Waals surface area (Å²) in [7, 11) is 1.75. The van der Waals surface area contributed by atoms with Crippen molar-refractivity contribution in [2.75, 3.05) is 19.0 Å². The third-order valence-corrected chi connectivity index (χ3v) is 7.46. The first-order valence-electron chi connectivity index (χ1n) is 17.0. The van der Waals surface area contributed by atoms with E-state index in [2.05, 4.69) is 22.2 Å². The Bertz CT molecular complexity index is 1720. The Morgan fingerprint density at radius 1 is 1.04 bits per heavy atom. The van der Waals surface area contributed by atoms with Crippen LogP contribution in [0.15, 0.2) is 70.6 Å². The molecule has 1 aliphatic rings. The Hall–Kier alpha value is -4.79. The Balaban J connectivity index is 0.00000126. The van der Waals surface area contributed by atoms with Crippen LogP contribution in [0.1, 0.15) is 90.7 Å². The van der Waals surface area contributed by atoms with Gasteiger partial charge in [0.1, 0.15) is 23.2 Å². The number of rotatable bonds is 11. The van der Waals surface area contributed by atoms with Crippen LogP contribution in [0.5, 0.6) is 5.75 Å². The van der Waals surface area contributed by atoms with Crippen molar-refractivity contribution in [3.05, 3.63) is 99.3 Å². The second-order valence-electron chi connectivity index (χ2n) is 10.1. The monoisotopic (exact) mass is 658 g/mol. The van der Waals surface area contributed by atoms with Gasteiger partial charge in [-0.05, 0) is 53.8 Å². The van der Waals surface area contributed by atoms with Crippen LogP contribution in [0.3, 0.4) is 0 Å². The number of carbonyl (C=O) groups is 1. The highest BCUT2D eigenvalue weighted by Gasteiger charge is 2.21. The van der Waals surface area contributed by atoms with Crippen molar-refractivity contribution in [3.8, 4) is 28.0 Å². The summed E-state index contributed by atoms with van der Waals surface area (Å²) in [6.07, 6.45) is 3.15. The molecule has 8 nitrogen and oxygen atoms in total. The van der Waals surface area contributed by atoms with Gasteiger partial charge in [0.15, 0.2) is 0 Å². The third-order valence-electron chi connectivity index (χ3n) is 7.46. The van der Waals surface area contributed by atoms with Gasteiger partial charge in [-0.1, -0.05) is 103 Å². The molecule has 0 fully saturated rings. The normalized spacial score (nSPS) is 11.3. The lowest BCUT2D eigenvalue weighted by Gasteiger charge is -2.18. The predicted octanol–water partition coefficient (Wildman–Crippen LogP) is 9.06. The number of hydrogen-bond acceptors (Lipinski definition) is 7. The highest BCUT2D eigenvalue weighted by atomic mass is 19.1. The largest absolute Gasteiger partial charge is 0.493 e. The quantitative estimate of drug-likeness (QED) is 0.0748. The molecule has 0 bridgehead atoms. The van der Waals surface area contributed by atoms with E-state index in [-0.39, 0.29) is 18.6 Å². The van der Waals surface area contributed by atoms with Crippen LogP contribution in [0, 0.1) is 5.82 Å². The summed E-state index contributed by atoms with van der Waals surface area (Å²) in [5.74, 6) is 1.50. The molecule has 9 heteroatoms. The first-order valence-corrected chi connectivity index (χ1v) is 17.0. The lowest BCUT2D eigenvalue weighted by atomic mass is 9.96. The summed E-state index contributed by atoms with van der Waals surface area (Å²) in [6.45, 7) is 16.7. The summed E-state index contributed by atoms with van der Waals surface area (Å²) < 4.78 is 23.0. The molecule has 1 N–H and O–H groups in total.